The van der Waals surface area contributed by atoms with Crippen LogP contribution >= 0.6 is 9.12 Å². The molecule has 2 fully saturated rings. The van der Waals surface area contributed by atoms with Gasteiger partial charge in [0.25, 0.3) is 0 Å². The first-order chi connectivity index (χ1) is 12.4. The van der Waals surface area contributed by atoms with Crippen LogP contribution in [-0.4, -0.2) is 42.6 Å². The van der Waals surface area contributed by atoms with Crippen molar-refractivity contribution < 1.29 is 20.0 Å². The lowest BCUT2D eigenvalue weighted by Gasteiger charge is -2.10. The molecule has 4 nitrogen and oxygen atoms in total. The summed E-state index contributed by atoms with van der Waals surface area (Å²) >= 11 is 0. The average Bonchev–Trinajstić information content (AvgIpc) is 3.36. The van der Waals surface area contributed by atoms with Crippen LogP contribution in [0.15, 0.2) is 12.2 Å². The summed E-state index contributed by atoms with van der Waals surface area (Å²) in [5.74, 6) is 0. The molecule has 2 N–H and O–H groups in total. The minimum atomic E-state index is -0.500. The zero-order chi connectivity index (χ0) is 21.3. The van der Waals surface area contributed by atoms with Crippen molar-refractivity contribution in [1.29, 1.82) is 1.34 Å². The number of hydrogen-bond donors (Lipinski definition) is 2. The van der Waals surface area contributed by atoms with Gasteiger partial charge in [0.15, 0.2) is 0 Å². The lowest BCUT2D eigenvalue weighted by Crippen LogP contribution is -2.15. The van der Waals surface area contributed by atoms with Gasteiger partial charge in [0.1, 0.15) is 7.53 Å². The number of fused-ring (bicyclic) bond motifs is 1. The summed E-state index contributed by atoms with van der Waals surface area (Å²) in [6.07, 6.45) is 16.9. The highest BCUT2D eigenvalue weighted by molar-refractivity contribution is 7.49. The molecule has 27 heavy (non-hydrogen) atoms. The Balaban J connectivity index is -0.000000284. The first-order valence-electron chi connectivity index (χ1n) is 10.3. The minimum Gasteiger partial charge on any atom is -0.391 e. The number of allylic oxidation sites excluding steroid dienone is 2. The number of epoxide rings is 1. The van der Waals surface area contributed by atoms with Gasteiger partial charge >= 0.3 is 0 Å². The smallest absolute Gasteiger partial charge is 0.116 e. The van der Waals surface area contributed by atoms with Crippen molar-refractivity contribution >= 4 is 16.6 Å². The van der Waals surface area contributed by atoms with Gasteiger partial charge in [-0.1, -0.05) is 32.4 Å². The van der Waals surface area contributed by atoms with E-state index >= 15 is 0 Å². The van der Waals surface area contributed by atoms with Crippen LogP contribution in [0.25, 0.3) is 0 Å². The topological polar surface area (TPSA) is 62.2 Å². The molecule has 3 aliphatic rings. The highest BCUT2D eigenvalue weighted by Gasteiger charge is 2.39. The van der Waals surface area contributed by atoms with E-state index < -0.39 is 11.2 Å². The van der Waals surface area contributed by atoms with E-state index in [4.69, 9.17) is 16.4 Å². The number of hydrogen-bond acceptors (Lipinski definition) is 4. The molecular formula is C21H47BO4P. The Morgan fingerprint density at radius 3 is 1.44 bits per heavy atom. The standard InChI is InChI=1S/C6H10O.C6H10.C4H10O2.C4H10O.CH4.BH3P/c1-2-4-6-5(3-1)7-6;1-2-4-6-5-3-1;1-4(2,3)6-5;1-4(2,3)5;;1-2/h5-6H,1-4H2;1-2H,3-6H2;5H,1-3H3;5H,1-3H3;1H4;1H,2H2/i;;;;;1T. The summed E-state index contributed by atoms with van der Waals surface area (Å²) < 4.78 is 11.3. The van der Waals surface area contributed by atoms with Crippen molar-refractivity contribution in [3.63, 3.8) is 0 Å². The van der Waals surface area contributed by atoms with E-state index in [9.17, 15) is 0 Å². The van der Waals surface area contributed by atoms with E-state index in [1.54, 1.807) is 41.5 Å². The van der Waals surface area contributed by atoms with Crippen LogP contribution in [0.1, 0.15) is 100 Å². The molecule has 6 heteroatoms. The quantitative estimate of drug-likeness (QED) is 0.133. The molecule has 2 aliphatic carbocycles. The van der Waals surface area contributed by atoms with Gasteiger partial charge in [-0.2, -0.15) is 9.12 Å². The Bertz CT molecular complexity index is 333. The molecule has 1 radical (unpaired) electrons. The first kappa shape index (κ1) is 29.3. The van der Waals surface area contributed by atoms with E-state index in [0.717, 1.165) is 0 Å². The second-order valence-electron chi connectivity index (χ2n) is 8.63. The van der Waals surface area contributed by atoms with Crippen molar-refractivity contribution in [2.75, 3.05) is 0 Å². The van der Waals surface area contributed by atoms with Crippen LogP contribution in [0.4, 0.5) is 0 Å². The van der Waals surface area contributed by atoms with E-state index in [-0.39, 0.29) is 7.43 Å². The van der Waals surface area contributed by atoms with Crippen molar-refractivity contribution in [3.8, 4) is 0 Å². The molecule has 0 aromatic rings. The number of ether oxygens (including phenoxy) is 1. The molecule has 1 saturated carbocycles. The SMILES string of the molecule is C.C1=CCCCC1.C1CCC2OC2C1.CC(C)(C)O.CC(C)(C)OO.[3H][B]P. The molecule has 0 aromatic carbocycles. The second-order valence-corrected chi connectivity index (χ2v) is 8.63. The van der Waals surface area contributed by atoms with E-state index in [1.165, 1.54) is 58.9 Å². The summed E-state index contributed by atoms with van der Waals surface area (Å²) in [4.78, 5) is 3.94. The fraction of sp³-hybridized carbons (Fsp3) is 0.905. The maximum atomic E-state index is 8.52. The predicted octanol–water partition coefficient (Wildman–Crippen LogP) is 5.81. The van der Waals surface area contributed by atoms with Gasteiger partial charge in [0.2, 0.25) is 0 Å². The third-order valence-corrected chi connectivity index (χ3v) is 3.35. The molecule has 1 heterocycles. The maximum Gasteiger partial charge on any atom is 0.116 e. The zero-order valence-electron chi connectivity index (χ0n) is 18.8. The van der Waals surface area contributed by atoms with E-state index in [0.29, 0.717) is 12.2 Å². The molecule has 0 amide bonds. The highest BCUT2D eigenvalue weighted by Crippen LogP contribution is 2.35. The molecule has 0 spiro atoms. The van der Waals surface area contributed by atoms with Crippen LogP contribution in [0, 0.1) is 0 Å². The van der Waals surface area contributed by atoms with E-state index in [2.05, 4.69) is 26.2 Å². The van der Waals surface area contributed by atoms with Crippen molar-refractivity contribution in [2.45, 2.75) is 124 Å². The summed E-state index contributed by atoms with van der Waals surface area (Å²) in [5, 5.41) is 16.4. The monoisotopic (exact) mass is 407 g/mol. The number of rotatable bonds is 0. The average molecular weight is 407 g/mol. The Labute approximate surface area is 174 Å². The Morgan fingerprint density at radius 2 is 1.30 bits per heavy atom. The molecule has 1 saturated heterocycles. The van der Waals surface area contributed by atoms with Crippen LogP contribution in [0.2, 0.25) is 0 Å². The van der Waals surface area contributed by atoms with Crippen LogP contribution < -0.4 is 0 Å². The summed E-state index contributed by atoms with van der Waals surface area (Å²) in [6, 6.07) is 0. The van der Waals surface area contributed by atoms with Gasteiger partial charge in [-0.05, 0) is 81.4 Å². The fourth-order valence-electron chi connectivity index (χ4n) is 2.14. The second kappa shape index (κ2) is 18.1. The number of aliphatic hydroxyl groups is 1. The van der Waals surface area contributed by atoms with Crippen molar-refractivity contribution in [1.82, 2.24) is 0 Å². The minimum absolute atomic E-state index is 0. The highest BCUT2D eigenvalue weighted by atomic mass is 31.0. The van der Waals surface area contributed by atoms with Gasteiger partial charge in [0.05, 0.1) is 23.4 Å². The molecule has 3 atom stereocenters. The largest absolute Gasteiger partial charge is 0.391 e. The summed E-state index contributed by atoms with van der Waals surface area (Å²) in [6.45, 7) is 10.5. The van der Waals surface area contributed by atoms with Crippen LogP contribution in [-0.2, 0) is 9.62 Å². The van der Waals surface area contributed by atoms with Crippen LogP contribution in [0.5, 0.6) is 0 Å². The predicted molar refractivity (Wildman–Crippen MR) is 124 cm³/mol. The van der Waals surface area contributed by atoms with Gasteiger partial charge in [-0.3, -0.25) is 5.26 Å². The molecule has 0 aromatic heterocycles. The zero-order valence-corrected chi connectivity index (χ0v) is 19.0. The van der Waals surface area contributed by atoms with Crippen LogP contribution in [0.3, 0.4) is 0 Å². The fourth-order valence-corrected chi connectivity index (χ4v) is 2.14. The lowest BCUT2D eigenvalue weighted by molar-refractivity contribution is -0.306. The van der Waals surface area contributed by atoms with Gasteiger partial charge in [-0.25, -0.2) is 4.89 Å². The maximum absolute atomic E-state index is 8.52. The van der Waals surface area contributed by atoms with Crippen molar-refractivity contribution in [2.24, 2.45) is 0 Å². The Kier molecular flexibility index (Phi) is 19.7. The van der Waals surface area contributed by atoms with Gasteiger partial charge in [0, 0.05) is 0 Å². The normalized spacial score (nSPS) is 22.6. The molecule has 3 rings (SSSR count). The van der Waals surface area contributed by atoms with E-state index in [1.807, 2.05) is 0 Å². The molecular weight excluding hydrogens is 358 g/mol. The lowest BCUT2D eigenvalue weighted by atomic mass is 10.0. The Morgan fingerprint density at radius 1 is 1.00 bits per heavy atom. The Hall–Kier alpha value is 0.0749. The van der Waals surface area contributed by atoms with Gasteiger partial charge < -0.3 is 9.84 Å². The first-order valence-corrected chi connectivity index (χ1v) is 10.4. The molecule has 1 aliphatic heterocycles. The third-order valence-electron chi connectivity index (χ3n) is 3.35. The van der Waals surface area contributed by atoms with Crippen molar-refractivity contribution in [3.05, 3.63) is 12.2 Å². The molecule has 0 bridgehead atoms. The molecule has 163 valence electrons. The summed E-state index contributed by atoms with van der Waals surface area (Å²) in [7, 11) is 3.29. The molecule has 3 unspecified atom stereocenters. The third kappa shape index (κ3) is 31.0. The summed E-state index contributed by atoms with van der Waals surface area (Å²) in [5.41, 5.74) is -0.903. The van der Waals surface area contributed by atoms with Gasteiger partial charge in [-0.15, -0.1) is 0 Å².